The number of nitrogens with one attached hydrogen (secondary N) is 1. The number of aromatic nitrogens is 1. The fourth-order valence-corrected chi connectivity index (χ4v) is 6.39. The molecule has 2 aliphatic heterocycles. The number of ether oxygens (including phenoxy) is 2. The van der Waals surface area contributed by atoms with Crippen LogP contribution < -0.4 is 5.32 Å². The topological polar surface area (TPSA) is 103 Å². The highest BCUT2D eigenvalue weighted by Crippen LogP contribution is 2.37. The molecule has 3 N–H and O–H groups in total. The largest absolute Gasteiger partial charge is 0.494 e. The highest BCUT2D eigenvalue weighted by atomic mass is 19.4. The lowest BCUT2D eigenvalue weighted by molar-refractivity contribution is -0.143. The number of amides is 1. The van der Waals surface area contributed by atoms with Crippen molar-refractivity contribution in [3.05, 3.63) is 76.3 Å². The number of methoxy groups -OCH3 is 1. The van der Waals surface area contributed by atoms with Crippen molar-refractivity contribution in [2.45, 2.75) is 44.5 Å². The number of benzene rings is 2. The zero-order valence-electron chi connectivity index (χ0n) is 27.7. The number of morpholine rings is 1. The van der Waals surface area contributed by atoms with Crippen LogP contribution in [0, 0.1) is 6.92 Å². The molecule has 0 bridgehead atoms. The summed E-state index contributed by atoms with van der Waals surface area (Å²) in [6.07, 6.45) is -9.97. The Morgan fingerprint density at radius 1 is 0.900 bits per heavy atom. The molecule has 0 unspecified atom stereocenters. The SMILES string of the molecule is COC[C@@H]1CN(CCN2CCN(C(=O)c3cc(C(F)(F)F)cc(C(F)(F)F)c3)[C@H](Cc3ccc(C)c(NCn4c(O)ccc4O)c3)C2)CCO1. The molecular formula is C34H41F6N5O5. The Labute approximate surface area is 285 Å². The van der Waals surface area contributed by atoms with Gasteiger partial charge in [-0.2, -0.15) is 26.3 Å². The predicted octanol–water partition coefficient (Wildman–Crippen LogP) is 5.03. The molecule has 16 heteroatoms. The van der Waals surface area contributed by atoms with Crippen molar-refractivity contribution in [3.63, 3.8) is 0 Å². The van der Waals surface area contributed by atoms with E-state index < -0.39 is 41.0 Å². The number of carbonyl (C=O) groups excluding carboxylic acids is 1. The third kappa shape index (κ3) is 9.21. The maximum Gasteiger partial charge on any atom is 0.416 e. The number of aryl methyl sites for hydroxylation is 1. The van der Waals surface area contributed by atoms with Crippen LogP contribution in [-0.4, -0.2) is 114 Å². The lowest BCUT2D eigenvalue weighted by Crippen LogP contribution is -2.57. The minimum Gasteiger partial charge on any atom is -0.494 e. The standard InChI is InChI=1S/C34H41F6N5O5/c1-22-3-4-23(14-29(22)41-21-45-30(46)5-6-31(45)47)13-27-18-42(7-8-43-11-12-50-28(19-43)20-49-2)9-10-44(27)32(48)24-15-25(33(35,36)37)17-26(16-24)34(38,39)40/h3-6,14-17,27-28,41,46-47H,7-13,18-21H2,1-2H3/t27-,28+/m1/s1. The van der Waals surface area contributed by atoms with Crippen LogP contribution in [0.1, 0.15) is 32.6 Å². The van der Waals surface area contributed by atoms with Crippen LogP contribution in [0.4, 0.5) is 32.0 Å². The molecule has 50 heavy (non-hydrogen) atoms. The molecule has 0 aliphatic carbocycles. The number of anilines is 1. The molecule has 1 aromatic heterocycles. The van der Waals surface area contributed by atoms with Crippen molar-refractivity contribution in [1.82, 2.24) is 19.3 Å². The van der Waals surface area contributed by atoms with E-state index in [1.807, 2.05) is 25.1 Å². The van der Waals surface area contributed by atoms with Crippen LogP contribution in [-0.2, 0) is 34.9 Å². The van der Waals surface area contributed by atoms with Gasteiger partial charge in [0.1, 0.15) is 0 Å². The van der Waals surface area contributed by atoms with Gasteiger partial charge in [-0.1, -0.05) is 12.1 Å². The van der Waals surface area contributed by atoms with Gasteiger partial charge < -0.3 is 29.9 Å². The minimum atomic E-state index is -5.09. The molecule has 0 saturated carbocycles. The minimum absolute atomic E-state index is 0.0169. The van der Waals surface area contributed by atoms with Crippen molar-refractivity contribution in [1.29, 1.82) is 0 Å². The smallest absolute Gasteiger partial charge is 0.416 e. The van der Waals surface area contributed by atoms with Gasteiger partial charge in [-0.05, 0) is 48.7 Å². The number of piperazine rings is 1. The van der Waals surface area contributed by atoms with Gasteiger partial charge in [0.2, 0.25) is 0 Å². The Morgan fingerprint density at radius 3 is 2.16 bits per heavy atom. The van der Waals surface area contributed by atoms with E-state index in [9.17, 15) is 41.4 Å². The zero-order valence-corrected chi connectivity index (χ0v) is 27.7. The fraction of sp³-hybridized carbons (Fsp3) is 0.500. The monoisotopic (exact) mass is 713 g/mol. The Balaban J connectivity index is 1.39. The normalized spacial score (nSPS) is 19.6. The third-order valence-electron chi connectivity index (χ3n) is 9.11. The molecule has 0 radical (unpaired) electrons. The molecule has 2 atom stereocenters. The second-order valence-corrected chi connectivity index (χ2v) is 12.7. The van der Waals surface area contributed by atoms with Crippen LogP contribution >= 0.6 is 0 Å². The van der Waals surface area contributed by atoms with Gasteiger partial charge >= 0.3 is 12.4 Å². The number of rotatable bonds is 11. The molecule has 2 aromatic carbocycles. The summed E-state index contributed by atoms with van der Waals surface area (Å²) in [7, 11) is 1.61. The number of hydrogen-bond acceptors (Lipinski definition) is 8. The first-order chi connectivity index (χ1) is 23.6. The molecule has 5 rings (SSSR count). The summed E-state index contributed by atoms with van der Waals surface area (Å²) in [5.74, 6) is -1.20. The number of hydrogen-bond donors (Lipinski definition) is 3. The summed E-state index contributed by atoms with van der Waals surface area (Å²) in [6.45, 7) is 6.48. The van der Waals surface area contributed by atoms with E-state index >= 15 is 0 Å². The van der Waals surface area contributed by atoms with Gasteiger partial charge in [0.05, 0.1) is 37.1 Å². The lowest BCUT2D eigenvalue weighted by atomic mass is 9.98. The average molecular weight is 714 g/mol. The molecule has 2 fully saturated rings. The van der Waals surface area contributed by atoms with Crippen molar-refractivity contribution >= 4 is 11.6 Å². The predicted molar refractivity (Wildman–Crippen MR) is 172 cm³/mol. The Morgan fingerprint density at radius 2 is 1.54 bits per heavy atom. The van der Waals surface area contributed by atoms with Gasteiger partial charge in [-0.25, -0.2) is 0 Å². The molecule has 2 saturated heterocycles. The number of halogens is 6. The summed E-state index contributed by atoms with van der Waals surface area (Å²) in [4.78, 5) is 19.6. The molecule has 1 amide bonds. The van der Waals surface area contributed by atoms with Crippen molar-refractivity contribution in [2.75, 3.05) is 71.5 Å². The van der Waals surface area contributed by atoms with Crippen LogP contribution in [0.25, 0.3) is 0 Å². The average Bonchev–Trinajstić information content (AvgIpc) is 3.39. The van der Waals surface area contributed by atoms with E-state index in [1.165, 1.54) is 21.6 Å². The third-order valence-corrected chi connectivity index (χ3v) is 9.11. The highest BCUT2D eigenvalue weighted by Gasteiger charge is 2.39. The van der Waals surface area contributed by atoms with Crippen molar-refractivity contribution in [3.8, 4) is 11.8 Å². The maximum absolute atomic E-state index is 13.9. The molecule has 274 valence electrons. The number of alkyl halides is 6. The summed E-state index contributed by atoms with van der Waals surface area (Å²) in [6, 6.07) is 8.62. The second kappa shape index (κ2) is 15.5. The van der Waals surface area contributed by atoms with E-state index in [2.05, 4.69) is 15.1 Å². The Bertz CT molecular complexity index is 1580. The van der Waals surface area contributed by atoms with Crippen LogP contribution in [0.5, 0.6) is 11.8 Å². The van der Waals surface area contributed by atoms with E-state index in [0.29, 0.717) is 63.8 Å². The molecule has 2 aliphatic rings. The first-order valence-corrected chi connectivity index (χ1v) is 16.2. The summed E-state index contributed by atoms with van der Waals surface area (Å²) >= 11 is 0. The molecule has 3 heterocycles. The first-order valence-electron chi connectivity index (χ1n) is 16.2. The van der Waals surface area contributed by atoms with Gasteiger partial charge in [-0.15, -0.1) is 0 Å². The van der Waals surface area contributed by atoms with E-state index in [0.717, 1.165) is 17.7 Å². The summed E-state index contributed by atoms with van der Waals surface area (Å²) < 4.78 is 94.3. The van der Waals surface area contributed by atoms with Gasteiger partial charge in [0, 0.05) is 82.3 Å². The van der Waals surface area contributed by atoms with E-state index in [1.54, 1.807) is 7.11 Å². The van der Waals surface area contributed by atoms with E-state index in [-0.39, 0.29) is 43.6 Å². The van der Waals surface area contributed by atoms with Crippen molar-refractivity contribution < 1.29 is 50.8 Å². The van der Waals surface area contributed by atoms with E-state index in [4.69, 9.17) is 9.47 Å². The molecule has 0 spiro atoms. The van der Waals surface area contributed by atoms with Gasteiger partial charge in [0.15, 0.2) is 11.8 Å². The molecule has 10 nitrogen and oxygen atoms in total. The quantitative estimate of drug-likeness (QED) is 0.238. The molecule has 3 aromatic rings. The van der Waals surface area contributed by atoms with Crippen LogP contribution in [0.15, 0.2) is 48.5 Å². The number of carbonyl (C=O) groups is 1. The number of aromatic hydroxyl groups is 2. The maximum atomic E-state index is 13.9. The Hall–Kier alpha value is -3.99. The fourth-order valence-electron chi connectivity index (χ4n) is 6.39. The highest BCUT2D eigenvalue weighted by molar-refractivity contribution is 5.95. The molecular weight excluding hydrogens is 672 g/mol. The summed E-state index contributed by atoms with van der Waals surface area (Å²) in [5.41, 5.74) is -1.49. The lowest BCUT2D eigenvalue weighted by Gasteiger charge is -2.43. The van der Waals surface area contributed by atoms with Crippen molar-refractivity contribution in [2.24, 2.45) is 0 Å². The first kappa shape index (κ1) is 37.3. The Kier molecular flexibility index (Phi) is 11.5. The summed E-state index contributed by atoms with van der Waals surface area (Å²) in [5, 5.41) is 23.2. The number of nitrogens with zero attached hydrogens (tertiary/aromatic N) is 4. The van der Waals surface area contributed by atoms with Crippen LogP contribution in [0.3, 0.4) is 0 Å². The van der Waals surface area contributed by atoms with Gasteiger partial charge in [-0.3, -0.25) is 19.2 Å². The zero-order chi connectivity index (χ0) is 36.2. The second-order valence-electron chi connectivity index (χ2n) is 12.7. The van der Waals surface area contributed by atoms with Crippen LogP contribution in [0.2, 0.25) is 0 Å². The van der Waals surface area contributed by atoms with Gasteiger partial charge in [0.25, 0.3) is 5.91 Å².